The molecule has 1 aliphatic carbocycles. The zero-order chi connectivity index (χ0) is 6.15. The second-order valence-electron chi connectivity index (χ2n) is 2.66. The summed E-state index contributed by atoms with van der Waals surface area (Å²) in [6, 6.07) is 0.477. The fourth-order valence-electron chi connectivity index (χ4n) is 1.20. The van der Waals surface area contributed by atoms with E-state index in [4.69, 9.17) is 5.73 Å². The van der Waals surface area contributed by atoms with Gasteiger partial charge in [-0.1, -0.05) is 29.5 Å². The molecule has 1 saturated carbocycles. The van der Waals surface area contributed by atoms with Gasteiger partial charge in [-0.15, -0.1) is 0 Å². The molecule has 0 heterocycles. The largest absolute Gasteiger partial charge is 0.327 e. The van der Waals surface area contributed by atoms with E-state index in [1.54, 1.807) is 0 Å². The summed E-state index contributed by atoms with van der Waals surface area (Å²) in [6.07, 6.45) is 2.56. The molecule has 3 atom stereocenters. The van der Waals surface area contributed by atoms with Crippen molar-refractivity contribution in [1.29, 1.82) is 0 Å². The summed E-state index contributed by atoms with van der Waals surface area (Å²) in [7, 11) is 0. The van der Waals surface area contributed by atoms with Crippen molar-refractivity contribution < 1.29 is 0 Å². The Balaban J connectivity index is 2.44. The highest BCUT2D eigenvalue weighted by Crippen LogP contribution is 2.30. The molecule has 2 N–H and O–H groups in total. The van der Waals surface area contributed by atoms with Gasteiger partial charge in [-0.25, -0.2) is 0 Å². The van der Waals surface area contributed by atoms with Gasteiger partial charge < -0.3 is 5.73 Å². The third-order valence-corrected chi connectivity index (χ3v) is 4.06. The SMILES string of the molecule is CC1CCC(N)C1I. The molecule has 2 heteroatoms. The van der Waals surface area contributed by atoms with Crippen LogP contribution in [0, 0.1) is 5.92 Å². The molecule has 0 aliphatic heterocycles. The van der Waals surface area contributed by atoms with E-state index in [1.165, 1.54) is 12.8 Å². The molecule has 1 fully saturated rings. The smallest absolute Gasteiger partial charge is 0.0287 e. The summed E-state index contributed by atoms with van der Waals surface area (Å²) in [6.45, 7) is 2.28. The standard InChI is InChI=1S/C6H12IN/c1-4-2-3-5(8)6(4)7/h4-6H,2-3,8H2,1H3. The van der Waals surface area contributed by atoms with E-state index < -0.39 is 0 Å². The zero-order valence-corrected chi connectivity index (χ0v) is 7.26. The summed E-state index contributed by atoms with van der Waals surface area (Å²) in [4.78, 5) is 0. The van der Waals surface area contributed by atoms with E-state index in [0.717, 1.165) is 9.84 Å². The van der Waals surface area contributed by atoms with Crippen LogP contribution in [0.2, 0.25) is 0 Å². The summed E-state index contributed by atoms with van der Waals surface area (Å²) < 4.78 is 0.729. The molecule has 0 aromatic carbocycles. The molecule has 0 aromatic heterocycles. The van der Waals surface area contributed by atoms with Crippen LogP contribution in [0.1, 0.15) is 19.8 Å². The van der Waals surface area contributed by atoms with Gasteiger partial charge in [-0.3, -0.25) is 0 Å². The van der Waals surface area contributed by atoms with E-state index in [9.17, 15) is 0 Å². The van der Waals surface area contributed by atoms with E-state index in [0.29, 0.717) is 6.04 Å². The third-order valence-electron chi connectivity index (χ3n) is 1.91. The number of rotatable bonds is 0. The van der Waals surface area contributed by atoms with Crippen LogP contribution in [0.4, 0.5) is 0 Å². The van der Waals surface area contributed by atoms with Crippen LogP contribution in [-0.4, -0.2) is 9.97 Å². The Kier molecular flexibility index (Phi) is 2.14. The van der Waals surface area contributed by atoms with E-state index >= 15 is 0 Å². The second kappa shape index (κ2) is 2.52. The van der Waals surface area contributed by atoms with Gasteiger partial charge >= 0.3 is 0 Å². The topological polar surface area (TPSA) is 26.0 Å². The molecule has 0 radical (unpaired) electrons. The second-order valence-corrected chi connectivity index (χ2v) is 4.10. The van der Waals surface area contributed by atoms with Crippen LogP contribution >= 0.6 is 22.6 Å². The molecule has 0 amide bonds. The monoisotopic (exact) mass is 225 g/mol. The van der Waals surface area contributed by atoms with Crippen LogP contribution in [0.3, 0.4) is 0 Å². The Morgan fingerprint density at radius 1 is 1.50 bits per heavy atom. The number of nitrogens with two attached hydrogens (primary N) is 1. The first-order valence-corrected chi connectivity index (χ1v) is 4.36. The molecular formula is C6H12IN. The molecule has 0 saturated heterocycles. The molecule has 0 bridgehead atoms. The summed E-state index contributed by atoms with van der Waals surface area (Å²) in [5.41, 5.74) is 5.76. The fourth-order valence-corrected chi connectivity index (χ4v) is 1.91. The van der Waals surface area contributed by atoms with E-state index in [-0.39, 0.29) is 0 Å². The summed E-state index contributed by atoms with van der Waals surface area (Å²) in [5, 5.41) is 0. The number of hydrogen-bond donors (Lipinski definition) is 1. The molecule has 1 nitrogen and oxygen atoms in total. The van der Waals surface area contributed by atoms with Gasteiger partial charge in [0.15, 0.2) is 0 Å². The predicted octanol–water partition coefficient (Wildman–Crippen LogP) is 1.55. The van der Waals surface area contributed by atoms with Gasteiger partial charge in [0.2, 0.25) is 0 Å². The first kappa shape index (κ1) is 6.81. The summed E-state index contributed by atoms with van der Waals surface area (Å²) >= 11 is 2.46. The van der Waals surface area contributed by atoms with Crippen molar-refractivity contribution in [3.63, 3.8) is 0 Å². The Hall–Kier alpha value is 0.690. The lowest BCUT2D eigenvalue weighted by Gasteiger charge is -2.09. The minimum atomic E-state index is 0.477. The van der Waals surface area contributed by atoms with Gasteiger partial charge in [0.05, 0.1) is 0 Å². The molecule has 1 rings (SSSR count). The highest BCUT2D eigenvalue weighted by Gasteiger charge is 2.27. The molecule has 8 heavy (non-hydrogen) atoms. The lowest BCUT2D eigenvalue weighted by Crippen LogP contribution is -2.26. The average Bonchev–Trinajstić information content (AvgIpc) is 1.98. The Labute approximate surface area is 64.2 Å². The van der Waals surface area contributed by atoms with Crippen molar-refractivity contribution in [3.8, 4) is 0 Å². The van der Waals surface area contributed by atoms with Gasteiger partial charge in [0, 0.05) is 9.97 Å². The van der Waals surface area contributed by atoms with E-state index in [2.05, 4.69) is 29.5 Å². The average molecular weight is 225 g/mol. The van der Waals surface area contributed by atoms with Crippen molar-refractivity contribution in [2.24, 2.45) is 11.7 Å². The van der Waals surface area contributed by atoms with Crippen molar-refractivity contribution in [1.82, 2.24) is 0 Å². The van der Waals surface area contributed by atoms with Crippen molar-refractivity contribution in [2.75, 3.05) is 0 Å². The normalized spacial score (nSPS) is 47.6. The van der Waals surface area contributed by atoms with Crippen LogP contribution in [0.25, 0.3) is 0 Å². The quantitative estimate of drug-likeness (QED) is 0.491. The number of halogens is 1. The molecular weight excluding hydrogens is 213 g/mol. The van der Waals surface area contributed by atoms with Crippen LogP contribution < -0.4 is 5.73 Å². The Morgan fingerprint density at radius 2 is 2.12 bits per heavy atom. The van der Waals surface area contributed by atoms with Gasteiger partial charge in [0.1, 0.15) is 0 Å². The maximum absolute atomic E-state index is 5.76. The Morgan fingerprint density at radius 3 is 2.25 bits per heavy atom. The van der Waals surface area contributed by atoms with Crippen molar-refractivity contribution in [3.05, 3.63) is 0 Å². The van der Waals surface area contributed by atoms with Gasteiger partial charge in [-0.05, 0) is 18.8 Å². The number of alkyl halides is 1. The summed E-state index contributed by atoms with van der Waals surface area (Å²) in [5.74, 6) is 0.852. The van der Waals surface area contributed by atoms with Crippen molar-refractivity contribution >= 4 is 22.6 Å². The highest BCUT2D eigenvalue weighted by molar-refractivity contribution is 14.1. The fraction of sp³-hybridized carbons (Fsp3) is 1.00. The number of hydrogen-bond acceptors (Lipinski definition) is 1. The first-order chi connectivity index (χ1) is 3.72. The van der Waals surface area contributed by atoms with E-state index in [1.807, 2.05) is 0 Å². The Bertz CT molecular complexity index is 74.6. The lowest BCUT2D eigenvalue weighted by molar-refractivity contribution is 0.628. The highest BCUT2D eigenvalue weighted by atomic mass is 127. The minimum absolute atomic E-state index is 0.477. The molecule has 48 valence electrons. The van der Waals surface area contributed by atoms with Crippen LogP contribution in [0.15, 0.2) is 0 Å². The molecule has 0 spiro atoms. The van der Waals surface area contributed by atoms with Crippen LogP contribution in [0.5, 0.6) is 0 Å². The molecule has 3 unspecified atom stereocenters. The minimum Gasteiger partial charge on any atom is -0.327 e. The maximum atomic E-state index is 5.76. The third kappa shape index (κ3) is 1.16. The predicted molar refractivity (Wildman–Crippen MR) is 44.2 cm³/mol. The first-order valence-electron chi connectivity index (χ1n) is 3.11. The maximum Gasteiger partial charge on any atom is 0.0287 e. The van der Waals surface area contributed by atoms with Gasteiger partial charge in [-0.2, -0.15) is 0 Å². The molecule has 0 aromatic rings. The molecule has 1 aliphatic rings. The zero-order valence-electron chi connectivity index (χ0n) is 5.10. The van der Waals surface area contributed by atoms with Crippen LogP contribution in [-0.2, 0) is 0 Å². The van der Waals surface area contributed by atoms with Gasteiger partial charge in [0.25, 0.3) is 0 Å². The lowest BCUT2D eigenvalue weighted by atomic mass is 10.1. The van der Waals surface area contributed by atoms with Crippen molar-refractivity contribution in [2.45, 2.75) is 29.7 Å².